The second kappa shape index (κ2) is 8.84. The van der Waals surface area contributed by atoms with Gasteiger partial charge in [-0.3, -0.25) is 0 Å². The Morgan fingerprint density at radius 2 is 1.63 bits per heavy atom. The van der Waals surface area contributed by atoms with Gasteiger partial charge in [0.05, 0.1) is 5.60 Å². The Morgan fingerprint density at radius 3 is 2.30 bits per heavy atom. The van der Waals surface area contributed by atoms with E-state index in [1.165, 1.54) is 0 Å². The van der Waals surface area contributed by atoms with Crippen molar-refractivity contribution in [1.29, 1.82) is 0 Å². The number of fused-ring (bicyclic) bond motifs is 3. The third-order valence-corrected chi connectivity index (χ3v) is 6.31. The summed E-state index contributed by atoms with van der Waals surface area (Å²) in [4.78, 5) is 0. The van der Waals surface area contributed by atoms with Crippen LogP contribution in [0.4, 0.5) is 0 Å². The zero-order valence-corrected chi connectivity index (χ0v) is 17.8. The molecule has 1 N–H and O–H groups in total. The first-order valence-electron chi connectivity index (χ1n) is 10.4. The standard InChI is InChI=1S/C24H30O6/c1-4-24(25)12-20-19-11-18(29-15-27-3)9-10-22(19)30-23(21(20)13-24)16-5-7-17(8-6-16)28-14-26-2/h5-11,20-21,23,25H,4,12-15H2,1-3H3/t20-,21-,23-,24-/m0/s1. The van der Waals surface area contributed by atoms with Gasteiger partial charge in [-0.1, -0.05) is 19.1 Å². The predicted molar refractivity (Wildman–Crippen MR) is 112 cm³/mol. The van der Waals surface area contributed by atoms with E-state index in [1.807, 2.05) is 49.4 Å². The first-order chi connectivity index (χ1) is 14.6. The molecule has 0 aromatic heterocycles. The van der Waals surface area contributed by atoms with Gasteiger partial charge in [0.15, 0.2) is 13.6 Å². The van der Waals surface area contributed by atoms with E-state index >= 15 is 0 Å². The molecule has 6 nitrogen and oxygen atoms in total. The summed E-state index contributed by atoms with van der Waals surface area (Å²) in [6, 6.07) is 13.8. The first kappa shape index (κ1) is 21.0. The highest BCUT2D eigenvalue weighted by Gasteiger charge is 2.51. The number of rotatable bonds is 8. The van der Waals surface area contributed by atoms with Crippen molar-refractivity contribution in [2.45, 2.75) is 43.8 Å². The quantitative estimate of drug-likeness (QED) is 0.645. The summed E-state index contributed by atoms with van der Waals surface area (Å²) in [5, 5.41) is 11.1. The van der Waals surface area contributed by atoms with Crippen molar-refractivity contribution in [1.82, 2.24) is 0 Å². The van der Waals surface area contributed by atoms with E-state index in [-0.39, 0.29) is 31.5 Å². The van der Waals surface area contributed by atoms with Gasteiger partial charge >= 0.3 is 0 Å². The van der Waals surface area contributed by atoms with Crippen molar-refractivity contribution in [2.24, 2.45) is 5.92 Å². The predicted octanol–water partition coefficient (Wildman–Crippen LogP) is 4.42. The molecular formula is C24H30O6. The molecule has 1 saturated carbocycles. The minimum absolute atomic E-state index is 0.120. The molecule has 162 valence electrons. The largest absolute Gasteiger partial charge is 0.485 e. The monoisotopic (exact) mass is 414 g/mol. The molecule has 0 amide bonds. The highest BCUT2D eigenvalue weighted by molar-refractivity contribution is 5.47. The number of benzene rings is 2. The van der Waals surface area contributed by atoms with Crippen LogP contribution in [0, 0.1) is 5.92 Å². The Kier molecular flexibility index (Phi) is 6.18. The molecule has 1 fully saturated rings. The van der Waals surface area contributed by atoms with Gasteiger partial charge in [0.1, 0.15) is 23.4 Å². The molecule has 2 aliphatic rings. The molecule has 4 atom stereocenters. The summed E-state index contributed by atoms with van der Waals surface area (Å²) >= 11 is 0. The van der Waals surface area contributed by atoms with Crippen molar-refractivity contribution in [3.8, 4) is 17.2 Å². The summed E-state index contributed by atoms with van der Waals surface area (Å²) in [5.41, 5.74) is 1.51. The fourth-order valence-electron chi connectivity index (χ4n) is 4.73. The van der Waals surface area contributed by atoms with Gasteiger partial charge in [-0.15, -0.1) is 0 Å². The highest BCUT2D eigenvalue weighted by Crippen LogP contribution is 2.57. The van der Waals surface area contributed by atoms with E-state index in [2.05, 4.69) is 0 Å². The minimum Gasteiger partial charge on any atom is -0.485 e. The Labute approximate surface area is 177 Å². The maximum absolute atomic E-state index is 11.1. The lowest BCUT2D eigenvalue weighted by molar-refractivity contribution is 0.0294. The van der Waals surface area contributed by atoms with Gasteiger partial charge in [-0.2, -0.15) is 0 Å². The molecule has 0 saturated heterocycles. The molecule has 6 heteroatoms. The van der Waals surface area contributed by atoms with Crippen LogP contribution in [-0.4, -0.2) is 38.5 Å². The van der Waals surface area contributed by atoms with Crippen LogP contribution >= 0.6 is 0 Å². The SMILES string of the molecule is CC[C@@]1(O)C[C@H]2[C@@H](C1)c1cc(OCOC)ccc1O[C@H]2c1ccc(OCOC)cc1. The van der Waals surface area contributed by atoms with Gasteiger partial charge in [0.2, 0.25) is 0 Å². The first-order valence-corrected chi connectivity index (χ1v) is 10.4. The van der Waals surface area contributed by atoms with Gasteiger partial charge in [-0.25, -0.2) is 0 Å². The van der Waals surface area contributed by atoms with Crippen molar-refractivity contribution in [2.75, 3.05) is 27.8 Å². The maximum atomic E-state index is 11.1. The average Bonchev–Trinajstić information content (AvgIpc) is 3.14. The van der Waals surface area contributed by atoms with Crippen LogP contribution in [-0.2, 0) is 9.47 Å². The Morgan fingerprint density at radius 1 is 0.967 bits per heavy atom. The minimum atomic E-state index is -0.677. The zero-order chi connectivity index (χ0) is 21.1. The van der Waals surface area contributed by atoms with E-state index in [0.717, 1.165) is 41.2 Å². The number of hydrogen-bond acceptors (Lipinski definition) is 6. The van der Waals surface area contributed by atoms with Crippen molar-refractivity contribution >= 4 is 0 Å². The van der Waals surface area contributed by atoms with Crippen molar-refractivity contribution < 1.29 is 28.8 Å². The number of hydrogen-bond donors (Lipinski definition) is 1. The van der Waals surface area contributed by atoms with Gasteiger partial charge < -0.3 is 28.8 Å². The maximum Gasteiger partial charge on any atom is 0.188 e. The second-order valence-corrected chi connectivity index (χ2v) is 8.17. The van der Waals surface area contributed by atoms with Gasteiger partial charge in [0.25, 0.3) is 0 Å². The number of aliphatic hydroxyl groups is 1. The fraction of sp³-hybridized carbons (Fsp3) is 0.500. The van der Waals surface area contributed by atoms with Crippen LogP contribution in [0.3, 0.4) is 0 Å². The summed E-state index contributed by atoms with van der Waals surface area (Å²) in [6.45, 7) is 2.47. The topological polar surface area (TPSA) is 66.4 Å². The van der Waals surface area contributed by atoms with Crippen LogP contribution in [0.25, 0.3) is 0 Å². The Hall–Kier alpha value is -2.28. The van der Waals surface area contributed by atoms with E-state index in [1.54, 1.807) is 14.2 Å². The van der Waals surface area contributed by atoms with E-state index < -0.39 is 5.60 Å². The molecule has 1 aliphatic heterocycles. The van der Waals surface area contributed by atoms with E-state index in [0.29, 0.717) is 6.42 Å². The summed E-state index contributed by atoms with van der Waals surface area (Å²) < 4.78 is 27.6. The average molecular weight is 414 g/mol. The highest BCUT2D eigenvalue weighted by atomic mass is 16.7. The van der Waals surface area contributed by atoms with Crippen LogP contribution in [0.1, 0.15) is 49.3 Å². The normalized spacial score (nSPS) is 27.1. The zero-order valence-electron chi connectivity index (χ0n) is 17.8. The molecule has 0 unspecified atom stereocenters. The lowest BCUT2D eigenvalue weighted by Gasteiger charge is -2.36. The molecule has 4 rings (SSSR count). The third-order valence-electron chi connectivity index (χ3n) is 6.31. The van der Waals surface area contributed by atoms with Gasteiger partial charge in [-0.05, 0) is 61.1 Å². The molecule has 30 heavy (non-hydrogen) atoms. The van der Waals surface area contributed by atoms with E-state index in [4.69, 9.17) is 23.7 Å². The lowest BCUT2D eigenvalue weighted by Crippen LogP contribution is -2.27. The smallest absolute Gasteiger partial charge is 0.188 e. The fourth-order valence-corrected chi connectivity index (χ4v) is 4.73. The molecular weight excluding hydrogens is 384 g/mol. The van der Waals surface area contributed by atoms with Gasteiger partial charge in [0, 0.05) is 25.7 Å². The molecule has 1 heterocycles. The molecule has 2 aromatic rings. The van der Waals surface area contributed by atoms with Crippen LogP contribution in [0.5, 0.6) is 17.2 Å². The van der Waals surface area contributed by atoms with Crippen LogP contribution < -0.4 is 14.2 Å². The lowest BCUT2D eigenvalue weighted by atomic mass is 9.80. The summed E-state index contributed by atoms with van der Waals surface area (Å²) in [5.74, 6) is 2.75. The molecule has 0 spiro atoms. The Balaban J connectivity index is 1.65. The third kappa shape index (κ3) is 4.13. The second-order valence-electron chi connectivity index (χ2n) is 8.17. The molecule has 1 aliphatic carbocycles. The van der Waals surface area contributed by atoms with Crippen molar-refractivity contribution in [3.63, 3.8) is 0 Å². The number of ether oxygens (including phenoxy) is 5. The Bertz CT molecular complexity index is 851. The molecule has 0 bridgehead atoms. The summed E-state index contributed by atoms with van der Waals surface area (Å²) in [6.07, 6.45) is 2.05. The number of methoxy groups -OCH3 is 2. The van der Waals surface area contributed by atoms with Crippen LogP contribution in [0.15, 0.2) is 42.5 Å². The van der Waals surface area contributed by atoms with E-state index in [9.17, 15) is 5.11 Å². The van der Waals surface area contributed by atoms with Crippen LogP contribution in [0.2, 0.25) is 0 Å². The molecule has 0 radical (unpaired) electrons. The van der Waals surface area contributed by atoms with Crippen molar-refractivity contribution in [3.05, 3.63) is 53.6 Å². The summed E-state index contributed by atoms with van der Waals surface area (Å²) in [7, 11) is 3.20. The molecule has 2 aromatic carbocycles.